The standard InChI is InChI=1S/C13H12IN3O/c14-9-3-4-12-11(8-9)16-13(15)17(12)6-5-10-2-1-7-18-10/h1-4,7-8H,5-6H2,(H2,15,16). The summed E-state index contributed by atoms with van der Waals surface area (Å²) in [6.07, 6.45) is 2.50. The van der Waals surface area contributed by atoms with Gasteiger partial charge in [0.2, 0.25) is 5.95 Å². The van der Waals surface area contributed by atoms with Crippen molar-refractivity contribution in [2.45, 2.75) is 13.0 Å². The van der Waals surface area contributed by atoms with E-state index in [2.05, 4.69) is 39.7 Å². The smallest absolute Gasteiger partial charge is 0.201 e. The lowest BCUT2D eigenvalue weighted by Gasteiger charge is -2.04. The number of nitrogens with zero attached hydrogens (tertiary/aromatic N) is 2. The van der Waals surface area contributed by atoms with Crippen molar-refractivity contribution in [1.82, 2.24) is 9.55 Å². The minimum Gasteiger partial charge on any atom is -0.469 e. The number of aryl methyl sites for hydroxylation is 2. The van der Waals surface area contributed by atoms with E-state index in [1.165, 1.54) is 0 Å². The molecule has 0 aliphatic heterocycles. The summed E-state index contributed by atoms with van der Waals surface area (Å²) < 4.78 is 8.51. The van der Waals surface area contributed by atoms with E-state index >= 15 is 0 Å². The molecule has 0 amide bonds. The highest BCUT2D eigenvalue weighted by molar-refractivity contribution is 14.1. The first-order chi connectivity index (χ1) is 8.74. The molecule has 0 aliphatic carbocycles. The van der Waals surface area contributed by atoms with Crippen molar-refractivity contribution in [1.29, 1.82) is 0 Å². The highest BCUT2D eigenvalue weighted by Crippen LogP contribution is 2.20. The predicted molar refractivity (Wildman–Crippen MR) is 79.3 cm³/mol. The number of furan rings is 1. The molecule has 0 unspecified atom stereocenters. The van der Waals surface area contributed by atoms with E-state index in [-0.39, 0.29) is 0 Å². The van der Waals surface area contributed by atoms with Gasteiger partial charge in [0.1, 0.15) is 5.76 Å². The minimum atomic E-state index is 0.554. The van der Waals surface area contributed by atoms with Gasteiger partial charge in [0.15, 0.2) is 0 Å². The second kappa shape index (κ2) is 4.64. The molecule has 2 N–H and O–H groups in total. The fraction of sp³-hybridized carbons (Fsp3) is 0.154. The van der Waals surface area contributed by atoms with E-state index < -0.39 is 0 Å². The van der Waals surface area contributed by atoms with E-state index in [0.717, 1.165) is 33.3 Å². The molecule has 0 bridgehead atoms. The number of fused-ring (bicyclic) bond motifs is 1. The highest BCUT2D eigenvalue weighted by Gasteiger charge is 2.08. The van der Waals surface area contributed by atoms with Crippen molar-refractivity contribution >= 4 is 39.6 Å². The van der Waals surface area contributed by atoms with Crippen LogP contribution in [-0.4, -0.2) is 9.55 Å². The molecular weight excluding hydrogens is 341 g/mol. The molecule has 2 aromatic heterocycles. The van der Waals surface area contributed by atoms with E-state index in [1.54, 1.807) is 6.26 Å². The Morgan fingerprint density at radius 1 is 1.33 bits per heavy atom. The van der Waals surface area contributed by atoms with Gasteiger partial charge >= 0.3 is 0 Å². The van der Waals surface area contributed by atoms with Crippen LogP contribution in [0.2, 0.25) is 0 Å². The Morgan fingerprint density at radius 3 is 3.00 bits per heavy atom. The van der Waals surface area contributed by atoms with Crippen molar-refractivity contribution in [3.05, 3.63) is 45.9 Å². The number of benzene rings is 1. The fourth-order valence-electron chi connectivity index (χ4n) is 2.03. The van der Waals surface area contributed by atoms with Gasteiger partial charge in [-0.25, -0.2) is 4.98 Å². The normalized spacial score (nSPS) is 11.2. The molecule has 1 aromatic carbocycles. The van der Waals surface area contributed by atoms with Crippen LogP contribution < -0.4 is 5.73 Å². The van der Waals surface area contributed by atoms with Gasteiger partial charge in [0, 0.05) is 16.5 Å². The first-order valence-corrected chi connectivity index (χ1v) is 6.75. The molecule has 0 spiro atoms. The molecule has 0 saturated carbocycles. The Labute approximate surface area is 118 Å². The molecule has 2 heterocycles. The number of halogens is 1. The summed E-state index contributed by atoms with van der Waals surface area (Å²) in [6.45, 7) is 0.774. The SMILES string of the molecule is Nc1nc2cc(I)ccc2n1CCc1ccco1. The monoisotopic (exact) mass is 353 g/mol. The second-order valence-corrected chi connectivity index (χ2v) is 5.33. The summed E-state index contributed by atoms with van der Waals surface area (Å²) in [5, 5.41) is 0. The zero-order valence-electron chi connectivity index (χ0n) is 9.64. The van der Waals surface area contributed by atoms with Gasteiger partial charge in [-0.05, 0) is 52.9 Å². The number of hydrogen-bond donors (Lipinski definition) is 1. The quantitative estimate of drug-likeness (QED) is 0.737. The fourth-order valence-corrected chi connectivity index (χ4v) is 2.51. The Hall–Kier alpha value is -1.50. The van der Waals surface area contributed by atoms with Crippen LogP contribution in [-0.2, 0) is 13.0 Å². The van der Waals surface area contributed by atoms with Crippen molar-refractivity contribution in [2.75, 3.05) is 5.73 Å². The van der Waals surface area contributed by atoms with E-state index in [4.69, 9.17) is 10.2 Å². The molecule has 0 fully saturated rings. The number of anilines is 1. The van der Waals surface area contributed by atoms with Gasteiger partial charge in [-0.2, -0.15) is 0 Å². The number of nitrogens with two attached hydrogens (primary N) is 1. The van der Waals surface area contributed by atoms with Crippen LogP contribution in [0.25, 0.3) is 11.0 Å². The maximum atomic E-state index is 5.96. The number of hydrogen-bond acceptors (Lipinski definition) is 3. The Balaban J connectivity index is 1.93. The molecule has 0 saturated heterocycles. The highest BCUT2D eigenvalue weighted by atomic mass is 127. The van der Waals surface area contributed by atoms with Crippen LogP contribution >= 0.6 is 22.6 Å². The largest absolute Gasteiger partial charge is 0.469 e. The van der Waals surface area contributed by atoms with E-state index in [0.29, 0.717) is 5.95 Å². The van der Waals surface area contributed by atoms with Gasteiger partial charge in [-0.1, -0.05) is 0 Å². The summed E-state index contributed by atoms with van der Waals surface area (Å²) in [5.41, 5.74) is 7.97. The zero-order chi connectivity index (χ0) is 12.5. The summed E-state index contributed by atoms with van der Waals surface area (Å²) >= 11 is 2.27. The Bertz CT molecular complexity index is 673. The lowest BCUT2D eigenvalue weighted by atomic mass is 10.3. The third kappa shape index (κ3) is 2.10. The summed E-state index contributed by atoms with van der Waals surface area (Å²) in [5.74, 6) is 1.51. The minimum absolute atomic E-state index is 0.554. The number of imidazole rings is 1. The summed E-state index contributed by atoms with van der Waals surface area (Å²) in [7, 11) is 0. The third-order valence-electron chi connectivity index (χ3n) is 2.90. The van der Waals surface area contributed by atoms with Gasteiger partial charge in [-0.15, -0.1) is 0 Å². The summed E-state index contributed by atoms with van der Waals surface area (Å²) in [4.78, 5) is 4.38. The lowest BCUT2D eigenvalue weighted by Crippen LogP contribution is -2.05. The lowest BCUT2D eigenvalue weighted by molar-refractivity contribution is 0.494. The van der Waals surface area contributed by atoms with Crippen molar-refractivity contribution < 1.29 is 4.42 Å². The zero-order valence-corrected chi connectivity index (χ0v) is 11.8. The van der Waals surface area contributed by atoms with Gasteiger partial charge in [0.05, 0.1) is 17.3 Å². The molecule has 92 valence electrons. The van der Waals surface area contributed by atoms with Crippen LogP contribution in [0.4, 0.5) is 5.95 Å². The second-order valence-electron chi connectivity index (χ2n) is 4.08. The third-order valence-corrected chi connectivity index (χ3v) is 3.57. The molecule has 18 heavy (non-hydrogen) atoms. The van der Waals surface area contributed by atoms with Gasteiger partial charge < -0.3 is 14.7 Å². The molecule has 3 aromatic rings. The van der Waals surface area contributed by atoms with Crippen molar-refractivity contribution in [2.24, 2.45) is 0 Å². The first-order valence-electron chi connectivity index (χ1n) is 5.68. The van der Waals surface area contributed by atoms with E-state index in [1.807, 2.05) is 22.8 Å². The van der Waals surface area contributed by atoms with E-state index in [9.17, 15) is 0 Å². The average Bonchev–Trinajstić information content (AvgIpc) is 2.93. The van der Waals surface area contributed by atoms with Crippen LogP contribution in [0.15, 0.2) is 41.0 Å². The maximum Gasteiger partial charge on any atom is 0.201 e. The topological polar surface area (TPSA) is 57.0 Å². The number of aromatic nitrogens is 2. The molecule has 0 atom stereocenters. The molecule has 0 radical (unpaired) electrons. The Kier molecular flexibility index (Phi) is 2.99. The van der Waals surface area contributed by atoms with Gasteiger partial charge in [0.25, 0.3) is 0 Å². The molecule has 3 rings (SSSR count). The molecule has 4 nitrogen and oxygen atoms in total. The predicted octanol–water partition coefficient (Wildman–Crippen LogP) is 3.06. The van der Waals surface area contributed by atoms with Crippen molar-refractivity contribution in [3.8, 4) is 0 Å². The summed E-state index contributed by atoms with van der Waals surface area (Å²) in [6, 6.07) is 10.0. The molecule has 0 aliphatic rings. The van der Waals surface area contributed by atoms with Crippen LogP contribution in [0.1, 0.15) is 5.76 Å². The number of rotatable bonds is 3. The average molecular weight is 353 g/mol. The maximum absolute atomic E-state index is 5.96. The molecular formula is C13H12IN3O. The number of nitrogen functional groups attached to an aromatic ring is 1. The van der Waals surface area contributed by atoms with Crippen LogP contribution in [0.3, 0.4) is 0 Å². The van der Waals surface area contributed by atoms with Crippen LogP contribution in [0.5, 0.6) is 0 Å². The molecule has 5 heteroatoms. The van der Waals surface area contributed by atoms with Crippen LogP contribution in [0, 0.1) is 3.57 Å². The van der Waals surface area contributed by atoms with Gasteiger partial charge in [-0.3, -0.25) is 0 Å². The van der Waals surface area contributed by atoms with Crippen molar-refractivity contribution in [3.63, 3.8) is 0 Å². The first kappa shape index (κ1) is 11.6. The Morgan fingerprint density at radius 2 is 2.22 bits per heavy atom.